The number of aryl methyl sites for hydroxylation is 2. The number of hydrogen-bond donors (Lipinski definition) is 2. The number of ether oxygens (including phenoxy) is 1. The van der Waals surface area contributed by atoms with E-state index in [1.54, 1.807) is 0 Å². The number of carbonyl (C=O) groups is 2. The van der Waals surface area contributed by atoms with Crippen LogP contribution in [-0.4, -0.2) is 33.7 Å². The molecular weight excluding hydrogens is 418 g/mol. The Hall–Kier alpha value is -2.32. The van der Waals surface area contributed by atoms with Crippen molar-refractivity contribution in [3.8, 4) is 0 Å². The Labute approximate surface area is 183 Å². The van der Waals surface area contributed by atoms with Gasteiger partial charge < -0.3 is 15.0 Å². The standard InChI is InChI=1S/C22H25N3O3S2/c1-12(2)28-21(27)19-14-6-4-5-7-17(14)30-20(19)25-18(26)11-29-22-23-15-9-8-13(3)10-16(15)24-22/h8-10,12H,4-7,11H2,1-3H3,(H,23,24)(H,25,26). The second-order valence-corrected chi connectivity index (χ2v) is 9.84. The van der Waals surface area contributed by atoms with E-state index in [1.165, 1.54) is 28.0 Å². The van der Waals surface area contributed by atoms with Crippen molar-refractivity contribution >= 4 is 51.0 Å². The molecule has 0 unspecified atom stereocenters. The lowest BCUT2D eigenvalue weighted by Gasteiger charge is -2.14. The Kier molecular flexibility index (Phi) is 6.15. The lowest BCUT2D eigenvalue weighted by molar-refractivity contribution is -0.113. The normalized spacial score (nSPS) is 13.5. The van der Waals surface area contributed by atoms with Crippen LogP contribution in [0.3, 0.4) is 0 Å². The molecule has 2 aromatic heterocycles. The predicted octanol–water partition coefficient (Wildman–Crippen LogP) is 5.11. The molecule has 30 heavy (non-hydrogen) atoms. The number of nitrogens with one attached hydrogen (secondary N) is 2. The molecule has 1 aromatic carbocycles. The van der Waals surface area contributed by atoms with Gasteiger partial charge in [0.15, 0.2) is 5.16 Å². The minimum atomic E-state index is -0.347. The SMILES string of the molecule is Cc1ccc2nc(SCC(=O)Nc3sc4c(c3C(=O)OC(C)C)CCCC4)[nH]c2c1. The number of rotatable bonds is 6. The van der Waals surface area contributed by atoms with Gasteiger partial charge in [0, 0.05) is 4.88 Å². The zero-order valence-electron chi connectivity index (χ0n) is 17.3. The Morgan fingerprint density at radius 1 is 1.30 bits per heavy atom. The second-order valence-electron chi connectivity index (χ2n) is 7.77. The molecule has 0 radical (unpaired) electrons. The van der Waals surface area contributed by atoms with Crippen LogP contribution in [0.4, 0.5) is 5.00 Å². The fraction of sp³-hybridized carbons (Fsp3) is 0.409. The van der Waals surface area contributed by atoms with Crippen LogP contribution >= 0.6 is 23.1 Å². The zero-order valence-corrected chi connectivity index (χ0v) is 19.0. The van der Waals surface area contributed by atoms with Gasteiger partial charge in [-0.15, -0.1) is 11.3 Å². The zero-order chi connectivity index (χ0) is 21.3. The number of amides is 1. The number of hydrogen-bond acceptors (Lipinski definition) is 6. The number of thioether (sulfide) groups is 1. The van der Waals surface area contributed by atoms with E-state index in [4.69, 9.17) is 4.74 Å². The summed E-state index contributed by atoms with van der Waals surface area (Å²) in [7, 11) is 0. The number of imidazole rings is 1. The first-order chi connectivity index (χ1) is 14.4. The summed E-state index contributed by atoms with van der Waals surface area (Å²) in [4.78, 5) is 34.3. The predicted molar refractivity (Wildman–Crippen MR) is 122 cm³/mol. The van der Waals surface area contributed by atoms with Gasteiger partial charge in [-0.05, 0) is 69.7 Å². The maximum absolute atomic E-state index is 12.7. The van der Waals surface area contributed by atoms with Crippen molar-refractivity contribution in [3.05, 3.63) is 39.8 Å². The third kappa shape index (κ3) is 4.54. The number of benzene rings is 1. The summed E-state index contributed by atoms with van der Waals surface area (Å²) >= 11 is 2.86. The molecular formula is C22H25N3O3S2. The number of aromatic amines is 1. The van der Waals surface area contributed by atoms with E-state index < -0.39 is 0 Å². The summed E-state index contributed by atoms with van der Waals surface area (Å²) in [5, 5.41) is 4.27. The molecule has 6 nitrogen and oxygen atoms in total. The first-order valence-corrected chi connectivity index (χ1v) is 12.0. The van der Waals surface area contributed by atoms with Gasteiger partial charge in [0.05, 0.1) is 28.5 Å². The van der Waals surface area contributed by atoms with Crippen LogP contribution in [0.1, 0.15) is 53.1 Å². The van der Waals surface area contributed by atoms with Crippen LogP contribution in [0.2, 0.25) is 0 Å². The van der Waals surface area contributed by atoms with Crippen LogP contribution in [-0.2, 0) is 22.4 Å². The number of fused-ring (bicyclic) bond motifs is 2. The molecule has 1 amide bonds. The number of aromatic nitrogens is 2. The molecule has 0 saturated heterocycles. The summed E-state index contributed by atoms with van der Waals surface area (Å²) in [5.41, 5.74) is 4.59. The highest BCUT2D eigenvalue weighted by Gasteiger charge is 2.27. The fourth-order valence-corrected chi connectivity index (χ4v) is 5.59. The molecule has 2 heterocycles. The second kappa shape index (κ2) is 8.81. The van der Waals surface area contributed by atoms with Gasteiger partial charge in [0.2, 0.25) is 5.91 Å². The van der Waals surface area contributed by atoms with Gasteiger partial charge in [-0.1, -0.05) is 17.8 Å². The molecule has 0 atom stereocenters. The molecule has 2 N–H and O–H groups in total. The number of nitrogens with zero attached hydrogens (tertiary/aromatic N) is 1. The van der Waals surface area contributed by atoms with E-state index >= 15 is 0 Å². The van der Waals surface area contributed by atoms with Crippen molar-refractivity contribution in [1.29, 1.82) is 0 Å². The Morgan fingerprint density at radius 3 is 2.90 bits per heavy atom. The summed E-state index contributed by atoms with van der Waals surface area (Å²) in [6.45, 7) is 5.70. The van der Waals surface area contributed by atoms with Crippen LogP contribution in [0.5, 0.6) is 0 Å². The highest BCUT2D eigenvalue weighted by Crippen LogP contribution is 2.39. The van der Waals surface area contributed by atoms with Crippen molar-refractivity contribution in [1.82, 2.24) is 9.97 Å². The molecule has 3 aromatic rings. The van der Waals surface area contributed by atoms with Gasteiger partial charge in [-0.25, -0.2) is 9.78 Å². The van der Waals surface area contributed by atoms with E-state index in [2.05, 4.69) is 15.3 Å². The quantitative estimate of drug-likeness (QED) is 0.409. The molecule has 1 aliphatic carbocycles. The summed E-state index contributed by atoms with van der Waals surface area (Å²) in [6.07, 6.45) is 3.77. The van der Waals surface area contributed by atoms with Crippen molar-refractivity contribution < 1.29 is 14.3 Å². The molecule has 4 rings (SSSR count). The van der Waals surface area contributed by atoms with Gasteiger partial charge in [0.1, 0.15) is 5.00 Å². The molecule has 158 valence electrons. The van der Waals surface area contributed by atoms with Crippen molar-refractivity contribution in [2.45, 2.75) is 57.7 Å². The molecule has 0 saturated carbocycles. The highest BCUT2D eigenvalue weighted by atomic mass is 32.2. The van der Waals surface area contributed by atoms with Crippen LogP contribution in [0.25, 0.3) is 11.0 Å². The maximum Gasteiger partial charge on any atom is 0.341 e. The van der Waals surface area contributed by atoms with Gasteiger partial charge in [-0.3, -0.25) is 4.79 Å². The molecule has 0 aliphatic heterocycles. The first kappa shape index (κ1) is 20.9. The third-order valence-corrected chi connectivity index (χ3v) is 7.01. The molecule has 0 bridgehead atoms. The molecule has 0 fully saturated rings. The average Bonchev–Trinajstić information content (AvgIpc) is 3.25. The monoisotopic (exact) mass is 443 g/mol. The van der Waals surface area contributed by atoms with Gasteiger partial charge in [-0.2, -0.15) is 0 Å². The number of thiophene rings is 1. The van der Waals surface area contributed by atoms with Crippen molar-refractivity contribution in [2.75, 3.05) is 11.1 Å². The number of carbonyl (C=O) groups excluding carboxylic acids is 2. The molecule has 1 aliphatic rings. The largest absolute Gasteiger partial charge is 0.459 e. The minimum absolute atomic E-state index is 0.158. The smallest absolute Gasteiger partial charge is 0.341 e. The summed E-state index contributed by atoms with van der Waals surface area (Å²) in [5.74, 6) is -0.297. The fourth-order valence-electron chi connectivity index (χ4n) is 3.61. The van der Waals surface area contributed by atoms with Crippen molar-refractivity contribution in [3.63, 3.8) is 0 Å². The first-order valence-electron chi connectivity index (χ1n) is 10.1. The van der Waals surface area contributed by atoms with Gasteiger partial charge >= 0.3 is 5.97 Å². The number of H-pyrrole nitrogens is 1. The Bertz CT molecular complexity index is 1100. The lowest BCUT2D eigenvalue weighted by atomic mass is 9.95. The van der Waals surface area contributed by atoms with E-state index in [9.17, 15) is 9.59 Å². The number of esters is 1. The topological polar surface area (TPSA) is 84.1 Å². The van der Waals surface area contributed by atoms with E-state index in [-0.39, 0.29) is 23.7 Å². The third-order valence-electron chi connectivity index (χ3n) is 4.93. The maximum atomic E-state index is 12.7. The van der Waals surface area contributed by atoms with Crippen LogP contribution in [0, 0.1) is 6.92 Å². The number of anilines is 1. The minimum Gasteiger partial charge on any atom is -0.459 e. The summed E-state index contributed by atoms with van der Waals surface area (Å²) < 4.78 is 5.45. The highest BCUT2D eigenvalue weighted by molar-refractivity contribution is 7.99. The van der Waals surface area contributed by atoms with Crippen molar-refractivity contribution in [2.24, 2.45) is 0 Å². The van der Waals surface area contributed by atoms with Gasteiger partial charge in [0.25, 0.3) is 0 Å². The molecule has 0 spiro atoms. The summed E-state index contributed by atoms with van der Waals surface area (Å²) in [6, 6.07) is 6.02. The lowest BCUT2D eigenvalue weighted by Crippen LogP contribution is -2.18. The average molecular weight is 444 g/mol. The van der Waals surface area contributed by atoms with Crippen LogP contribution < -0.4 is 5.32 Å². The van der Waals surface area contributed by atoms with E-state index in [0.29, 0.717) is 15.7 Å². The molecule has 8 heteroatoms. The van der Waals surface area contributed by atoms with E-state index in [0.717, 1.165) is 47.8 Å². The Balaban J connectivity index is 1.48. The Morgan fingerprint density at radius 2 is 2.10 bits per heavy atom. The van der Waals surface area contributed by atoms with E-state index in [1.807, 2.05) is 39.0 Å². The van der Waals surface area contributed by atoms with Crippen LogP contribution in [0.15, 0.2) is 23.4 Å².